The Kier molecular flexibility index (Phi) is 5.71. The number of amides is 1. The number of anilines is 2. The zero-order chi connectivity index (χ0) is 17.4. The third kappa shape index (κ3) is 4.22. The van der Waals surface area contributed by atoms with E-state index in [-0.39, 0.29) is 11.5 Å². The number of hydrogen-bond donors (Lipinski definition) is 2. The van der Waals surface area contributed by atoms with Gasteiger partial charge in [-0.3, -0.25) is 4.79 Å². The summed E-state index contributed by atoms with van der Waals surface area (Å²) in [4.78, 5) is 12.4. The van der Waals surface area contributed by atoms with E-state index < -0.39 is 0 Å². The van der Waals surface area contributed by atoms with Crippen LogP contribution in [0.25, 0.3) is 0 Å². The number of allylic oxidation sites excluding steroid dienone is 1. The summed E-state index contributed by atoms with van der Waals surface area (Å²) in [5, 5.41) is 23.2. The average molecular weight is 316 g/mol. The molecule has 1 amide bonds. The number of carbonyl (C=O) groups is 1. The number of aryl methyl sites for hydroxylation is 1. The predicted molar refractivity (Wildman–Crippen MR) is 93.1 cm³/mol. The summed E-state index contributed by atoms with van der Waals surface area (Å²) in [6, 6.07) is 18.0. The zero-order valence-electron chi connectivity index (χ0n) is 13.2. The van der Waals surface area contributed by atoms with Gasteiger partial charge in [-0.1, -0.05) is 31.2 Å². The van der Waals surface area contributed by atoms with E-state index in [0.717, 1.165) is 17.7 Å². The van der Waals surface area contributed by atoms with Crippen molar-refractivity contribution in [2.24, 2.45) is 0 Å². The first kappa shape index (κ1) is 16.8. The number of nitriles is 2. The van der Waals surface area contributed by atoms with Crippen molar-refractivity contribution in [3.63, 3.8) is 0 Å². The SMILES string of the molecule is CCc1ccccc1NC(=O)c1cccc(NC=C(C#N)C#N)c1. The van der Waals surface area contributed by atoms with Gasteiger partial charge in [-0.05, 0) is 36.2 Å². The number of benzene rings is 2. The normalized spacial score (nSPS) is 9.29. The Morgan fingerprint density at radius 2 is 1.88 bits per heavy atom. The van der Waals surface area contributed by atoms with Gasteiger partial charge in [0.25, 0.3) is 5.91 Å². The summed E-state index contributed by atoms with van der Waals surface area (Å²) >= 11 is 0. The molecule has 5 heteroatoms. The lowest BCUT2D eigenvalue weighted by atomic mass is 10.1. The fourth-order valence-electron chi connectivity index (χ4n) is 2.14. The summed E-state index contributed by atoms with van der Waals surface area (Å²) in [5.41, 5.74) is 2.92. The third-order valence-corrected chi connectivity index (χ3v) is 3.40. The standard InChI is InChI=1S/C19H16N4O/c1-2-15-6-3-4-9-18(15)23-19(24)16-7-5-8-17(10-16)22-13-14(11-20)12-21/h3-10,13,22H,2H2,1H3,(H,23,24). The number of nitrogens with one attached hydrogen (secondary N) is 2. The minimum absolute atomic E-state index is 0.0401. The molecular formula is C19H16N4O. The maximum atomic E-state index is 12.4. The van der Waals surface area contributed by atoms with Gasteiger partial charge in [-0.15, -0.1) is 0 Å². The zero-order valence-corrected chi connectivity index (χ0v) is 13.2. The van der Waals surface area contributed by atoms with E-state index in [4.69, 9.17) is 10.5 Å². The topological polar surface area (TPSA) is 88.7 Å². The van der Waals surface area contributed by atoms with Crippen molar-refractivity contribution >= 4 is 17.3 Å². The molecule has 2 aromatic carbocycles. The van der Waals surface area contributed by atoms with Gasteiger partial charge in [0.1, 0.15) is 17.7 Å². The highest BCUT2D eigenvalue weighted by molar-refractivity contribution is 6.05. The van der Waals surface area contributed by atoms with E-state index in [1.807, 2.05) is 31.2 Å². The van der Waals surface area contributed by atoms with Crippen LogP contribution in [0.3, 0.4) is 0 Å². The van der Waals surface area contributed by atoms with Crippen LogP contribution in [0.5, 0.6) is 0 Å². The molecule has 0 fully saturated rings. The number of carbonyl (C=O) groups excluding carboxylic acids is 1. The summed E-state index contributed by atoms with van der Waals surface area (Å²) < 4.78 is 0. The smallest absolute Gasteiger partial charge is 0.255 e. The van der Waals surface area contributed by atoms with Crippen molar-refractivity contribution in [2.45, 2.75) is 13.3 Å². The Hall–Kier alpha value is -3.57. The van der Waals surface area contributed by atoms with Gasteiger partial charge in [0.2, 0.25) is 0 Å². The van der Waals surface area contributed by atoms with Gasteiger partial charge in [0.05, 0.1) is 0 Å². The molecular weight excluding hydrogens is 300 g/mol. The quantitative estimate of drug-likeness (QED) is 0.820. The van der Waals surface area contributed by atoms with Gasteiger partial charge in [-0.25, -0.2) is 0 Å². The number of rotatable bonds is 5. The van der Waals surface area contributed by atoms with Gasteiger partial charge < -0.3 is 10.6 Å². The Bertz CT molecular complexity index is 840. The van der Waals surface area contributed by atoms with Crippen molar-refractivity contribution < 1.29 is 4.79 Å². The van der Waals surface area contributed by atoms with Crippen molar-refractivity contribution in [3.8, 4) is 12.1 Å². The molecule has 0 unspecified atom stereocenters. The van der Waals surface area contributed by atoms with Crippen LogP contribution in [-0.4, -0.2) is 5.91 Å². The second kappa shape index (κ2) is 8.17. The second-order valence-electron chi connectivity index (χ2n) is 4.97. The first-order valence-corrected chi connectivity index (χ1v) is 7.44. The highest BCUT2D eigenvalue weighted by atomic mass is 16.1. The third-order valence-electron chi connectivity index (χ3n) is 3.40. The van der Waals surface area contributed by atoms with E-state index in [0.29, 0.717) is 11.3 Å². The van der Waals surface area contributed by atoms with E-state index in [2.05, 4.69) is 10.6 Å². The minimum Gasteiger partial charge on any atom is -0.360 e. The minimum atomic E-state index is -0.218. The molecule has 118 valence electrons. The molecule has 2 aromatic rings. The molecule has 0 radical (unpaired) electrons. The van der Waals surface area contributed by atoms with Gasteiger partial charge >= 0.3 is 0 Å². The van der Waals surface area contributed by atoms with Crippen LogP contribution >= 0.6 is 0 Å². The summed E-state index contributed by atoms with van der Waals surface area (Å²) in [6.45, 7) is 2.03. The molecule has 0 atom stereocenters. The van der Waals surface area contributed by atoms with Crippen molar-refractivity contribution in [1.82, 2.24) is 0 Å². The predicted octanol–water partition coefficient (Wildman–Crippen LogP) is 3.84. The molecule has 24 heavy (non-hydrogen) atoms. The van der Waals surface area contributed by atoms with E-state index in [1.54, 1.807) is 36.4 Å². The molecule has 0 saturated heterocycles. The van der Waals surface area contributed by atoms with Crippen LogP contribution in [0, 0.1) is 22.7 Å². The van der Waals surface area contributed by atoms with Crippen LogP contribution in [0.1, 0.15) is 22.8 Å². The maximum absolute atomic E-state index is 12.4. The number of nitrogens with zero attached hydrogens (tertiary/aromatic N) is 2. The van der Waals surface area contributed by atoms with Crippen LogP contribution < -0.4 is 10.6 Å². The first-order chi connectivity index (χ1) is 11.7. The Labute approximate surface area is 140 Å². The van der Waals surface area contributed by atoms with Gasteiger partial charge in [0, 0.05) is 23.1 Å². The highest BCUT2D eigenvalue weighted by Crippen LogP contribution is 2.18. The van der Waals surface area contributed by atoms with E-state index in [1.165, 1.54) is 6.20 Å². The van der Waals surface area contributed by atoms with Gasteiger partial charge in [-0.2, -0.15) is 10.5 Å². The fraction of sp³-hybridized carbons (Fsp3) is 0.105. The first-order valence-electron chi connectivity index (χ1n) is 7.44. The Morgan fingerprint density at radius 1 is 1.12 bits per heavy atom. The summed E-state index contributed by atoms with van der Waals surface area (Å²) in [5.74, 6) is -0.218. The molecule has 0 bridgehead atoms. The van der Waals surface area contributed by atoms with Crippen molar-refractivity contribution in [3.05, 3.63) is 71.4 Å². The molecule has 0 aromatic heterocycles. The molecule has 0 spiro atoms. The van der Waals surface area contributed by atoms with Crippen LogP contribution in [-0.2, 0) is 6.42 Å². The molecule has 0 saturated carbocycles. The lowest BCUT2D eigenvalue weighted by Crippen LogP contribution is -2.13. The van der Waals surface area contributed by atoms with Crippen LogP contribution in [0.4, 0.5) is 11.4 Å². The monoisotopic (exact) mass is 316 g/mol. The van der Waals surface area contributed by atoms with E-state index in [9.17, 15) is 4.79 Å². The molecule has 0 aliphatic heterocycles. The Morgan fingerprint density at radius 3 is 2.58 bits per heavy atom. The number of para-hydroxylation sites is 1. The van der Waals surface area contributed by atoms with E-state index >= 15 is 0 Å². The highest BCUT2D eigenvalue weighted by Gasteiger charge is 2.08. The summed E-state index contributed by atoms with van der Waals surface area (Å²) in [7, 11) is 0. The van der Waals surface area contributed by atoms with Gasteiger partial charge in [0.15, 0.2) is 0 Å². The molecule has 2 N–H and O–H groups in total. The Balaban J connectivity index is 2.16. The van der Waals surface area contributed by atoms with Crippen LogP contribution in [0.15, 0.2) is 60.3 Å². The van der Waals surface area contributed by atoms with Crippen molar-refractivity contribution in [1.29, 1.82) is 10.5 Å². The average Bonchev–Trinajstić information content (AvgIpc) is 2.63. The lowest BCUT2D eigenvalue weighted by molar-refractivity contribution is 0.102. The lowest BCUT2D eigenvalue weighted by Gasteiger charge is -2.10. The molecule has 2 rings (SSSR count). The second-order valence-corrected chi connectivity index (χ2v) is 4.97. The summed E-state index contributed by atoms with van der Waals surface area (Å²) in [6.07, 6.45) is 2.14. The number of hydrogen-bond acceptors (Lipinski definition) is 4. The maximum Gasteiger partial charge on any atom is 0.255 e. The molecule has 0 aliphatic rings. The molecule has 5 nitrogen and oxygen atoms in total. The fourth-order valence-corrected chi connectivity index (χ4v) is 2.14. The largest absolute Gasteiger partial charge is 0.360 e. The molecule has 0 aliphatic carbocycles. The van der Waals surface area contributed by atoms with Crippen molar-refractivity contribution in [2.75, 3.05) is 10.6 Å². The molecule has 0 heterocycles. The van der Waals surface area contributed by atoms with Crippen LogP contribution in [0.2, 0.25) is 0 Å².